The van der Waals surface area contributed by atoms with Crippen LogP contribution in [0.4, 0.5) is 0 Å². The van der Waals surface area contributed by atoms with Crippen LogP contribution in [0.15, 0.2) is 54.6 Å². The maximum Gasteiger partial charge on any atom is 0.338 e. The van der Waals surface area contributed by atoms with Gasteiger partial charge in [-0.15, -0.1) is 10.2 Å². The molecule has 1 heterocycles. The Hall–Kier alpha value is -3.55. The van der Waals surface area contributed by atoms with E-state index in [0.717, 1.165) is 12.8 Å². The molecule has 0 aliphatic carbocycles. The van der Waals surface area contributed by atoms with E-state index in [2.05, 4.69) is 32.9 Å². The number of ether oxygens (including phenoxy) is 1. The highest BCUT2D eigenvalue weighted by molar-refractivity contribution is 5.90. The van der Waals surface area contributed by atoms with Gasteiger partial charge in [0.05, 0.1) is 11.7 Å². The van der Waals surface area contributed by atoms with Gasteiger partial charge >= 0.3 is 5.97 Å². The molecule has 1 amide bonds. The molecule has 0 aliphatic rings. The topological polar surface area (TPSA) is 99.0 Å². The number of nitrogens with zero attached hydrogens (tertiary/aromatic N) is 4. The van der Waals surface area contributed by atoms with Crippen molar-refractivity contribution in [3.63, 3.8) is 0 Å². The van der Waals surface area contributed by atoms with Gasteiger partial charge in [-0.3, -0.25) is 4.79 Å². The minimum absolute atomic E-state index is 0.0204. The molecule has 8 nitrogen and oxygen atoms in total. The molecule has 0 bridgehead atoms. The molecule has 0 radical (unpaired) electrons. The summed E-state index contributed by atoms with van der Waals surface area (Å²) in [6, 6.07) is 17.0. The number of benzene rings is 2. The van der Waals surface area contributed by atoms with Gasteiger partial charge in [0.15, 0.2) is 0 Å². The van der Waals surface area contributed by atoms with Crippen molar-refractivity contribution in [3.05, 3.63) is 65.7 Å². The zero-order valence-electron chi connectivity index (χ0n) is 17.1. The predicted molar refractivity (Wildman–Crippen MR) is 112 cm³/mol. The second-order valence-electron chi connectivity index (χ2n) is 7.12. The zero-order valence-corrected chi connectivity index (χ0v) is 17.1. The summed E-state index contributed by atoms with van der Waals surface area (Å²) in [5.41, 5.74) is 2.28. The summed E-state index contributed by atoms with van der Waals surface area (Å²) < 4.78 is 5.21. The molecule has 0 unspecified atom stereocenters. The number of rotatable bonds is 9. The Bertz CT molecular complexity index is 985. The summed E-state index contributed by atoms with van der Waals surface area (Å²) in [6.45, 7) is 4.14. The van der Waals surface area contributed by atoms with Crippen molar-refractivity contribution in [1.82, 2.24) is 25.5 Å². The number of esters is 1. The largest absolute Gasteiger partial charge is 0.459 e. The standard InChI is InChI=1S/C22H25N5O3/c1-16(2)30-22(29)19-12-6-11-18(14-19)21-24-26-27(25-21)15-20(28)23-13-7-10-17-8-4-3-5-9-17/h3-6,8-9,11-12,14,16H,7,10,13,15H2,1-2H3,(H,23,28). The fourth-order valence-corrected chi connectivity index (χ4v) is 2.84. The smallest absolute Gasteiger partial charge is 0.338 e. The number of carbonyl (C=O) groups excluding carboxylic acids is 2. The van der Waals surface area contributed by atoms with E-state index < -0.39 is 5.97 Å². The Morgan fingerprint density at radius 3 is 2.67 bits per heavy atom. The van der Waals surface area contributed by atoms with Crippen LogP contribution < -0.4 is 5.32 Å². The number of aryl methyl sites for hydroxylation is 1. The average Bonchev–Trinajstić information content (AvgIpc) is 3.20. The van der Waals surface area contributed by atoms with Crippen LogP contribution in [0.3, 0.4) is 0 Å². The molecule has 2 aromatic carbocycles. The molecule has 0 aliphatic heterocycles. The summed E-state index contributed by atoms with van der Waals surface area (Å²) in [7, 11) is 0. The maximum atomic E-state index is 12.1. The minimum atomic E-state index is -0.408. The highest BCUT2D eigenvalue weighted by atomic mass is 16.5. The van der Waals surface area contributed by atoms with Gasteiger partial charge in [-0.05, 0) is 49.6 Å². The lowest BCUT2D eigenvalue weighted by Gasteiger charge is -2.08. The van der Waals surface area contributed by atoms with E-state index in [9.17, 15) is 9.59 Å². The minimum Gasteiger partial charge on any atom is -0.459 e. The van der Waals surface area contributed by atoms with E-state index in [0.29, 0.717) is 23.5 Å². The third-order valence-corrected chi connectivity index (χ3v) is 4.24. The lowest BCUT2D eigenvalue weighted by Crippen LogP contribution is -2.29. The van der Waals surface area contributed by atoms with Crippen LogP contribution in [0.1, 0.15) is 36.2 Å². The molecule has 0 atom stereocenters. The van der Waals surface area contributed by atoms with Crippen LogP contribution in [0.2, 0.25) is 0 Å². The highest BCUT2D eigenvalue weighted by Gasteiger charge is 2.13. The number of hydrogen-bond acceptors (Lipinski definition) is 6. The first-order valence-electron chi connectivity index (χ1n) is 9.91. The molecule has 3 aromatic rings. The zero-order chi connectivity index (χ0) is 21.3. The first kappa shape index (κ1) is 21.2. The summed E-state index contributed by atoms with van der Waals surface area (Å²) in [4.78, 5) is 25.4. The highest BCUT2D eigenvalue weighted by Crippen LogP contribution is 2.16. The summed E-state index contributed by atoms with van der Waals surface area (Å²) in [5, 5.41) is 15.0. The molecule has 8 heteroatoms. The van der Waals surface area contributed by atoms with Crippen LogP contribution >= 0.6 is 0 Å². The van der Waals surface area contributed by atoms with E-state index in [4.69, 9.17) is 4.74 Å². The van der Waals surface area contributed by atoms with Crippen LogP contribution in [-0.2, 0) is 22.5 Å². The van der Waals surface area contributed by atoms with E-state index >= 15 is 0 Å². The molecular weight excluding hydrogens is 382 g/mol. The van der Waals surface area contributed by atoms with Gasteiger partial charge in [-0.1, -0.05) is 42.5 Å². The fourth-order valence-electron chi connectivity index (χ4n) is 2.84. The first-order chi connectivity index (χ1) is 14.5. The van der Waals surface area contributed by atoms with E-state index in [1.54, 1.807) is 38.1 Å². The predicted octanol–water partition coefficient (Wildman–Crippen LogP) is 2.65. The van der Waals surface area contributed by atoms with Gasteiger partial charge in [0.1, 0.15) is 6.54 Å². The van der Waals surface area contributed by atoms with Crippen LogP contribution in [0.5, 0.6) is 0 Å². The van der Waals surface area contributed by atoms with Crippen LogP contribution in [0.25, 0.3) is 11.4 Å². The SMILES string of the molecule is CC(C)OC(=O)c1cccc(-c2nnn(CC(=O)NCCCc3ccccc3)n2)c1. The summed E-state index contributed by atoms with van der Waals surface area (Å²) >= 11 is 0. The maximum absolute atomic E-state index is 12.1. The van der Waals surface area contributed by atoms with Crippen molar-refractivity contribution in [1.29, 1.82) is 0 Å². The lowest BCUT2D eigenvalue weighted by molar-refractivity contribution is -0.122. The van der Waals surface area contributed by atoms with Gasteiger partial charge in [-0.2, -0.15) is 4.80 Å². The van der Waals surface area contributed by atoms with Crippen LogP contribution in [-0.4, -0.2) is 44.7 Å². The number of carbonyl (C=O) groups is 2. The number of amides is 1. The molecule has 0 saturated heterocycles. The van der Waals surface area contributed by atoms with Gasteiger partial charge in [0.2, 0.25) is 11.7 Å². The normalized spacial score (nSPS) is 10.8. The monoisotopic (exact) mass is 407 g/mol. The lowest BCUT2D eigenvalue weighted by atomic mass is 10.1. The molecule has 1 N–H and O–H groups in total. The Morgan fingerprint density at radius 1 is 1.10 bits per heavy atom. The molecule has 0 spiro atoms. The number of hydrogen-bond donors (Lipinski definition) is 1. The second-order valence-corrected chi connectivity index (χ2v) is 7.12. The van der Waals surface area contributed by atoms with Gasteiger partial charge < -0.3 is 10.1 Å². The van der Waals surface area contributed by atoms with Crippen LogP contribution in [0, 0.1) is 0 Å². The Kier molecular flexibility index (Phi) is 7.26. The molecule has 1 aromatic heterocycles. The van der Waals surface area contributed by atoms with Gasteiger partial charge in [0, 0.05) is 12.1 Å². The molecule has 30 heavy (non-hydrogen) atoms. The van der Waals surface area contributed by atoms with E-state index in [1.807, 2.05) is 18.2 Å². The molecule has 3 rings (SSSR count). The van der Waals surface area contributed by atoms with Gasteiger partial charge in [-0.25, -0.2) is 4.79 Å². The second kappa shape index (κ2) is 10.3. The number of tetrazole rings is 1. The van der Waals surface area contributed by atoms with E-state index in [-0.39, 0.29) is 18.6 Å². The molecular formula is C22H25N5O3. The van der Waals surface area contributed by atoms with Crippen molar-refractivity contribution >= 4 is 11.9 Å². The molecule has 156 valence electrons. The average molecular weight is 407 g/mol. The Balaban J connectivity index is 1.51. The third kappa shape index (κ3) is 6.23. The first-order valence-corrected chi connectivity index (χ1v) is 9.91. The Labute approximate surface area is 175 Å². The summed E-state index contributed by atoms with van der Waals surface area (Å²) in [5.74, 6) is -0.249. The van der Waals surface area contributed by atoms with E-state index in [1.165, 1.54) is 10.4 Å². The summed E-state index contributed by atoms with van der Waals surface area (Å²) in [6.07, 6.45) is 1.55. The van der Waals surface area contributed by atoms with Gasteiger partial charge in [0.25, 0.3) is 0 Å². The van der Waals surface area contributed by atoms with Crippen molar-refractivity contribution < 1.29 is 14.3 Å². The third-order valence-electron chi connectivity index (χ3n) is 4.24. The molecule has 0 saturated carbocycles. The van der Waals surface area contributed by atoms with Crippen molar-refractivity contribution in [2.75, 3.05) is 6.54 Å². The van der Waals surface area contributed by atoms with Crippen molar-refractivity contribution in [3.8, 4) is 11.4 Å². The fraction of sp³-hybridized carbons (Fsp3) is 0.318. The van der Waals surface area contributed by atoms with Crippen molar-refractivity contribution in [2.45, 2.75) is 39.3 Å². The van der Waals surface area contributed by atoms with Crippen molar-refractivity contribution in [2.24, 2.45) is 0 Å². The quantitative estimate of drug-likeness (QED) is 0.432. The number of aromatic nitrogens is 4. The number of nitrogens with one attached hydrogen (secondary N) is 1. The molecule has 0 fully saturated rings. The Morgan fingerprint density at radius 2 is 1.90 bits per heavy atom.